The number of hydrogen-bond donors (Lipinski definition) is 1. The molecule has 0 spiro atoms. The molecule has 2 aromatic rings. The van der Waals surface area contributed by atoms with Gasteiger partial charge in [0.15, 0.2) is 0 Å². The lowest BCUT2D eigenvalue weighted by atomic mass is 10.2. The Kier molecular flexibility index (Phi) is 3.66. The number of aromatic nitrogens is 1. The number of ether oxygens (including phenoxy) is 1. The molecule has 5 nitrogen and oxygen atoms in total. The number of aromatic carboxylic acids is 1. The minimum Gasteiger partial charge on any atom is -0.477 e. The fourth-order valence-electron chi connectivity index (χ4n) is 1.73. The van der Waals surface area contributed by atoms with Crippen molar-refractivity contribution < 1.29 is 19.4 Å². The SMILES string of the molecule is Cn1c(C(=O)O)ccc1C(=O)OCc1ccccc1. The summed E-state index contributed by atoms with van der Waals surface area (Å²) >= 11 is 0. The fraction of sp³-hybridized carbons (Fsp3) is 0.143. The highest BCUT2D eigenvalue weighted by atomic mass is 16.5. The molecule has 5 heteroatoms. The lowest BCUT2D eigenvalue weighted by molar-refractivity contribution is 0.0461. The van der Waals surface area contributed by atoms with E-state index in [0.29, 0.717) is 0 Å². The maximum absolute atomic E-state index is 11.8. The normalized spacial score (nSPS) is 10.2. The van der Waals surface area contributed by atoms with Crippen LogP contribution in [0.15, 0.2) is 42.5 Å². The summed E-state index contributed by atoms with van der Waals surface area (Å²) in [5.41, 5.74) is 1.14. The lowest BCUT2D eigenvalue weighted by Gasteiger charge is -2.06. The summed E-state index contributed by atoms with van der Waals surface area (Å²) in [5, 5.41) is 8.90. The zero-order valence-electron chi connectivity index (χ0n) is 10.4. The van der Waals surface area contributed by atoms with Crippen LogP contribution in [0.25, 0.3) is 0 Å². The number of hydrogen-bond acceptors (Lipinski definition) is 3. The van der Waals surface area contributed by atoms with Crippen molar-refractivity contribution in [2.45, 2.75) is 6.61 Å². The Balaban J connectivity index is 2.07. The van der Waals surface area contributed by atoms with Crippen molar-refractivity contribution in [3.63, 3.8) is 0 Å². The number of benzene rings is 1. The Bertz CT molecular complexity index is 601. The van der Waals surface area contributed by atoms with E-state index in [0.717, 1.165) is 5.56 Å². The molecule has 1 heterocycles. The standard InChI is InChI=1S/C14H13NO4/c1-15-11(13(16)17)7-8-12(15)14(18)19-9-10-5-3-2-4-6-10/h2-8H,9H2,1H3,(H,16,17). The van der Waals surface area contributed by atoms with Gasteiger partial charge in [-0.05, 0) is 17.7 Å². The first-order valence-corrected chi connectivity index (χ1v) is 5.69. The van der Waals surface area contributed by atoms with E-state index in [1.165, 1.54) is 23.7 Å². The Morgan fingerprint density at radius 1 is 1.11 bits per heavy atom. The smallest absolute Gasteiger partial charge is 0.355 e. The summed E-state index contributed by atoms with van der Waals surface area (Å²) < 4.78 is 6.44. The summed E-state index contributed by atoms with van der Waals surface area (Å²) in [4.78, 5) is 22.7. The van der Waals surface area contributed by atoms with Gasteiger partial charge in [0.1, 0.15) is 18.0 Å². The molecule has 0 fully saturated rings. The molecule has 0 atom stereocenters. The molecular weight excluding hydrogens is 246 g/mol. The third-order valence-electron chi connectivity index (χ3n) is 2.76. The Morgan fingerprint density at radius 3 is 2.32 bits per heavy atom. The van der Waals surface area contributed by atoms with Gasteiger partial charge in [0.05, 0.1) is 0 Å². The van der Waals surface area contributed by atoms with Crippen molar-refractivity contribution in [1.29, 1.82) is 0 Å². The Morgan fingerprint density at radius 2 is 1.74 bits per heavy atom. The van der Waals surface area contributed by atoms with Crippen LogP contribution in [-0.2, 0) is 18.4 Å². The largest absolute Gasteiger partial charge is 0.477 e. The maximum atomic E-state index is 11.8. The molecule has 2 rings (SSSR count). The number of carboxylic acid groups (broad SMARTS) is 1. The number of nitrogens with zero attached hydrogens (tertiary/aromatic N) is 1. The van der Waals surface area contributed by atoms with Crippen LogP contribution in [0, 0.1) is 0 Å². The highest BCUT2D eigenvalue weighted by Gasteiger charge is 2.17. The molecule has 0 aliphatic carbocycles. The topological polar surface area (TPSA) is 68.5 Å². The third kappa shape index (κ3) is 2.82. The fourth-order valence-corrected chi connectivity index (χ4v) is 1.73. The highest BCUT2D eigenvalue weighted by Crippen LogP contribution is 2.10. The van der Waals surface area contributed by atoms with Gasteiger partial charge in [-0.15, -0.1) is 0 Å². The van der Waals surface area contributed by atoms with Gasteiger partial charge in [-0.25, -0.2) is 9.59 Å². The van der Waals surface area contributed by atoms with Crippen LogP contribution in [0.2, 0.25) is 0 Å². The maximum Gasteiger partial charge on any atom is 0.355 e. The monoisotopic (exact) mass is 259 g/mol. The van der Waals surface area contributed by atoms with Crippen LogP contribution in [0.3, 0.4) is 0 Å². The molecule has 0 aliphatic rings. The van der Waals surface area contributed by atoms with E-state index in [-0.39, 0.29) is 18.0 Å². The van der Waals surface area contributed by atoms with Crippen molar-refractivity contribution >= 4 is 11.9 Å². The van der Waals surface area contributed by atoms with Gasteiger partial charge in [0.2, 0.25) is 0 Å². The number of rotatable bonds is 4. The summed E-state index contributed by atoms with van der Waals surface area (Å²) in [6, 6.07) is 12.1. The molecule has 19 heavy (non-hydrogen) atoms. The second-order valence-electron chi connectivity index (χ2n) is 4.03. The molecule has 0 unspecified atom stereocenters. The van der Waals surface area contributed by atoms with E-state index in [1.54, 1.807) is 0 Å². The minimum atomic E-state index is -1.08. The first-order chi connectivity index (χ1) is 9.09. The minimum absolute atomic E-state index is 0.0478. The molecule has 0 bridgehead atoms. The van der Waals surface area contributed by atoms with Crippen molar-refractivity contribution in [3.05, 3.63) is 59.4 Å². The van der Waals surface area contributed by atoms with Crippen LogP contribution >= 0.6 is 0 Å². The van der Waals surface area contributed by atoms with E-state index < -0.39 is 11.9 Å². The number of carboxylic acids is 1. The molecular formula is C14H13NO4. The quantitative estimate of drug-likeness (QED) is 0.853. The van der Waals surface area contributed by atoms with Crippen LogP contribution in [0.5, 0.6) is 0 Å². The van der Waals surface area contributed by atoms with Crippen LogP contribution in [0.4, 0.5) is 0 Å². The molecule has 0 amide bonds. The second-order valence-corrected chi connectivity index (χ2v) is 4.03. The van der Waals surface area contributed by atoms with E-state index in [9.17, 15) is 9.59 Å². The molecule has 98 valence electrons. The van der Waals surface area contributed by atoms with Gasteiger partial charge in [-0.1, -0.05) is 30.3 Å². The molecule has 1 aromatic heterocycles. The summed E-state index contributed by atoms with van der Waals surface area (Å²) in [7, 11) is 1.52. The average Bonchev–Trinajstić information content (AvgIpc) is 2.79. The molecule has 1 N–H and O–H groups in total. The molecule has 0 saturated heterocycles. The van der Waals surface area contributed by atoms with Gasteiger partial charge in [0.25, 0.3) is 0 Å². The van der Waals surface area contributed by atoms with Crippen LogP contribution in [-0.4, -0.2) is 21.6 Å². The first-order valence-electron chi connectivity index (χ1n) is 5.69. The van der Waals surface area contributed by atoms with Gasteiger partial charge < -0.3 is 14.4 Å². The summed E-state index contributed by atoms with van der Waals surface area (Å²) in [6.45, 7) is 0.160. The van der Waals surface area contributed by atoms with Gasteiger partial charge in [0, 0.05) is 7.05 Å². The molecule has 0 saturated carbocycles. The Hall–Kier alpha value is -2.56. The zero-order valence-corrected chi connectivity index (χ0v) is 10.4. The third-order valence-corrected chi connectivity index (χ3v) is 2.76. The van der Waals surface area contributed by atoms with Crippen molar-refractivity contribution in [1.82, 2.24) is 4.57 Å². The summed E-state index contributed by atoms with van der Waals surface area (Å²) in [5.74, 6) is -1.62. The molecule has 0 radical (unpaired) electrons. The lowest BCUT2D eigenvalue weighted by Crippen LogP contribution is -2.13. The number of carbonyl (C=O) groups is 2. The van der Waals surface area contributed by atoms with Gasteiger partial charge in [-0.3, -0.25) is 0 Å². The van der Waals surface area contributed by atoms with Gasteiger partial charge in [-0.2, -0.15) is 0 Å². The first kappa shape index (κ1) is 12.9. The Labute approximate surface area is 110 Å². The summed E-state index contributed by atoms with van der Waals surface area (Å²) in [6.07, 6.45) is 0. The molecule has 1 aromatic carbocycles. The second kappa shape index (κ2) is 5.39. The molecule has 0 aliphatic heterocycles. The van der Waals surface area contributed by atoms with Crippen molar-refractivity contribution in [2.75, 3.05) is 0 Å². The predicted molar refractivity (Wildman–Crippen MR) is 67.9 cm³/mol. The van der Waals surface area contributed by atoms with E-state index in [1.807, 2.05) is 30.3 Å². The van der Waals surface area contributed by atoms with E-state index >= 15 is 0 Å². The van der Waals surface area contributed by atoms with Crippen molar-refractivity contribution in [2.24, 2.45) is 7.05 Å². The zero-order chi connectivity index (χ0) is 13.8. The average molecular weight is 259 g/mol. The predicted octanol–water partition coefficient (Wildman–Crippen LogP) is 2.08. The number of esters is 1. The van der Waals surface area contributed by atoms with Crippen LogP contribution in [0.1, 0.15) is 26.5 Å². The van der Waals surface area contributed by atoms with Gasteiger partial charge >= 0.3 is 11.9 Å². The van der Waals surface area contributed by atoms with E-state index in [4.69, 9.17) is 9.84 Å². The number of carbonyl (C=O) groups excluding carboxylic acids is 1. The highest BCUT2D eigenvalue weighted by molar-refractivity contribution is 5.92. The van der Waals surface area contributed by atoms with E-state index in [2.05, 4.69) is 0 Å². The van der Waals surface area contributed by atoms with Crippen LogP contribution < -0.4 is 0 Å². The van der Waals surface area contributed by atoms with Crippen molar-refractivity contribution in [3.8, 4) is 0 Å².